The molecule has 3 atom stereocenters. The maximum absolute atomic E-state index is 12.8. The van der Waals surface area contributed by atoms with E-state index >= 15 is 0 Å². The molecule has 2 aromatic carbocycles. The van der Waals surface area contributed by atoms with Gasteiger partial charge in [-0.2, -0.15) is 0 Å². The molecule has 1 aliphatic heterocycles. The third kappa shape index (κ3) is 4.98. The lowest BCUT2D eigenvalue weighted by atomic mass is 9.97. The van der Waals surface area contributed by atoms with Gasteiger partial charge in [0.15, 0.2) is 12.0 Å². The van der Waals surface area contributed by atoms with Crippen LogP contribution in [0.15, 0.2) is 60.7 Å². The largest absolute Gasteiger partial charge is 0.460 e. The number of carbonyl (C=O) groups is 4. The van der Waals surface area contributed by atoms with Crippen LogP contribution in [0.25, 0.3) is 0 Å². The van der Waals surface area contributed by atoms with Crippen molar-refractivity contribution in [3.8, 4) is 0 Å². The van der Waals surface area contributed by atoms with Crippen LogP contribution in [0.5, 0.6) is 0 Å². The van der Waals surface area contributed by atoms with Gasteiger partial charge in [0.05, 0.1) is 0 Å². The third-order valence-corrected chi connectivity index (χ3v) is 4.32. The Morgan fingerprint density at radius 3 is 2.24 bits per heavy atom. The van der Waals surface area contributed by atoms with E-state index in [0.29, 0.717) is 5.56 Å². The van der Waals surface area contributed by atoms with Crippen LogP contribution in [0.1, 0.15) is 24.0 Å². The summed E-state index contributed by atoms with van der Waals surface area (Å²) in [5, 5.41) is 4.84. The van der Waals surface area contributed by atoms with Crippen molar-refractivity contribution in [2.45, 2.75) is 31.7 Å². The second-order valence-corrected chi connectivity index (χ2v) is 6.46. The van der Waals surface area contributed by atoms with E-state index in [0.717, 1.165) is 5.56 Å². The van der Waals surface area contributed by atoms with E-state index in [4.69, 9.17) is 9.47 Å². The van der Waals surface area contributed by atoms with Gasteiger partial charge >= 0.3 is 11.9 Å². The van der Waals surface area contributed by atoms with Crippen molar-refractivity contribution in [2.75, 3.05) is 0 Å². The van der Waals surface area contributed by atoms with Gasteiger partial charge in [-0.3, -0.25) is 19.2 Å². The Kier molecular flexibility index (Phi) is 6.23. The van der Waals surface area contributed by atoms with Gasteiger partial charge in [-0.1, -0.05) is 60.7 Å². The quantitative estimate of drug-likeness (QED) is 0.411. The zero-order valence-corrected chi connectivity index (χ0v) is 15.7. The zero-order chi connectivity index (χ0) is 20.8. The van der Waals surface area contributed by atoms with Crippen LogP contribution < -0.4 is 10.6 Å². The number of hydrogen-bond donors (Lipinski definition) is 2. The molecule has 3 unspecified atom stereocenters. The van der Waals surface area contributed by atoms with Gasteiger partial charge in [0, 0.05) is 6.92 Å². The van der Waals surface area contributed by atoms with Gasteiger partial charge in [0.1, 0.15) is 6.61 Å². The first-order valence-electron chi connectivity index (χ1n) is 8.99. The lowest BCUT2D eigenvalue weighted by molar-refractivity contribution is -0.165. The number of benzene rings is 2. The molecule has 2 N–H and O–H groups in total. The topological polar surface area (TPSA) is 111 Å². The highest BCUT2D eigenvalue weighted by molar-refractivity contribution is 6.05. The molecular formula is C21H20N2O6. The summed E-state index contributed by atoms with van der Waals surface area (Å²) >= 11 is 0. The number of carbonyl (C=O) groups excluding carboxylic acids is 4. The molecule has 0 aromatic heterocycles. The number of β-lactam (4-membered cyclic amide) rings is 1. The Balaban J connectivity index is 1.73. The minimum absolute atomic E-state index is 0.0102. The highest BCUT2D eigenvalue weighted by Crippen LogP contribution is 2.20. The molecule has 8 heteroatoms. The van der Waals surface area contributed by atoms with Crippen molar-refractivity contribution in [1.82, 2.24) is 10.6 Å². The fraction of sp³-hybridized carbons (Fsp3) is 0.238. The summed E-state index contributed by atoms with van der Waals surface area (Å²) < 4.78 is 10.3. The summed E-state index contributed by atoms with van der Waals surface area (Å²) in [6.45, 7) is 1.20. The van der Waals surface area contributed by atoms with Gasteiger partial charge in [-0.05, 0) is 11.1 Å². The van der Waals surface area contributed by atoms with Gasteiger partial charge in [-0.15, -0.1) is 0 Å². The van der Waals surface area contributed by atoms with Crippen LogP contribution in [-0.4, -0.2) is 36.0 Å². The molecule has 0 spiro atoms. The normalized spacial score (nSPS) is 18.6. The number of esters is 2. The minimum atomic E-state index is -1.27. The highest BCUT2D eigenvalue weighted by Gasteiger charge is 2.45. The summed E-state index contributed by atoms with van der Waals surface area (Å²) in [5.41, 5.74) is 1.20. The molecule has 0 saturated carbocycles. The summed E-state index contributed by atoms with van der Waals surface area (Å²) in [7, 11) is 0. The van der Waals surface area contributed by atoms with Crippen molar-refractivity contribution in [1.29, 1.82) is 0 Å². The fourth-order valence-corrected chi connectivity index (χ4v) is 2.86. The van der Waals surface area contributed by atoms with E-state index in [1.54, 1.807) is 42.5 Å². The lowest BCUT2D eigenvalue weighted by Crippen LogP contribution is -2.70. The van der Waals surface area contributed by atoms with Crippen LogP contribution in [0.2, 0.25) is 0 Å². The summed E-state index contributed by atoms with van der Waals surface area (Å²) in [4.78, 5) is 48.4. The smallest absolute Gasteiger partial charge is 0.323 e. The average molecular weight is 396 g/mol. The molecule has 1 heterocycles. The maximum Gasteiger partial charge on any atom is 0.323 e. The van der Waals surface area contributed by atoms with E-state index in [9.17, 15) is 19.2 Å². The second kappa shape index (κ2) is 9.01. The Hall–Kier alpha value is -3.68. The van der Waals surface area contributed by atoms with Gasteiger partial charge in [-0.25, -0.2) is 0 Å². The first-order chi connectivity index (χ1) is 14.0. The third-order valence-electron chi connectivity index (χ3n) is 4.32. The van der Waals surface area contributed by atoms with Gasteiger partial charge in [0.25, 0.3) is 5.91 Å². The number of ether oxygens (including phenoxy) is 2. The molecule has 1 fully saturated rings. The van der Waals surface area contributed by atoms with Crippen LogP contribution in [0, 0.1) is 0 Å². The lowest BCUT2D eigenvalue weighted by Gasteiger charge is -2.36. The number of nitrogens with one attached hydrogen (secondary N) is 2. The Labute approximate surface area is 167 Å². The van der Waals surface area contributed by atoms with E-state index in [1.165, 1.54) is 6.92 Å². The SMILES string of the molecule is CC(=O)OC1NC(=O)C1NC(=O)C(C(=O)OCc1ccccc1)c1ccccc1. The monoisotopic (exact) mass is 396 g/mol. The molecular weight excluding hydrogens is 376 g/mol. The van der Waals surface area contributed by atoms with Crippen molar-refractivity contribution in [3.63, 3.8) is 0 Å². The highest BCUT2D eigenvalue weighted by atomic mass is 16.6. The van der Waals surface area contributed by atoms with E-state index < -0.39 is 41.9 Å². The summed E-state index contributed by atoms with van der Waals surface area (Å²) in [6.07, 6.45) is -0.972. The van der Waals surface area contributed by atoms with E-state index in [1.807, 2.05) is 18.2 Å². The van der Waals surface area contributed by atoms with Crippen LogP contribution >= 0.6 is 0 Å². The summed E-state index contributed by atoms with van der Waals surface area (Å²) in [6, 6.07) is 16.4. The zero-order valence-electron chi connectivity index (χ0n) is 15.7. The van der Waals surface area contributed by atoms with Crippen molar-refractivity contribution >= 4 is 23.8 Å². The predicted molar refractivity (Wildman–Crippen MR) is 101 cm³/mol. The first kappa shape index (κ1) is 20.1. The number of rotatable bonds is 7. The molecule has 8 nitrogen and oxygen atoms in total. The first-order valence-corrected chi connectivity index (χ1v) is 8.99. The molecule has 150 valence electrons. The van der Waals surface area contributed by atoms with Crippen molar-refractivity contribution < 1.29 is 28.7 Å². The summed E-state index contributed by atoms with van der Waals surface area (Å²) in [5.74, 6) is -3.84. The Morgan fingerprint density at radius 1 is 1.03 bits per heavy atom. The molecule has 29 heavy (non-hydrogen) atoms. The second-order valence-electron chi connectivity index (χ2n) is 6.46. The van der Waals surface area contributed by atoms with Gasteiger partial charge in [0.2, 0.25) is 12.1 Å². The standard InChI is InChI=1S/C21H20N2O6/c1-13(24)29-20-17(19(26)23-20)22-18(25)16(15-10-6-3-7-11-15)21(27)28-12-14-8-4-2-5-9-14/h2-11,16-17,20H,12H2,1H3,(H,22,25)(H,23,26). The number of hydrogen-bond acceptors (Lipinski definition) is 6. The van der Waals surface area contributed by atoms with Crippen molar-refractivity contribution in [3.05, 3.63) is 71.8 Å². The molecule has 2 aromatic rings. The molecule has 1 aliphatic rings. The molecule has 0 bridgehead atoms. The van der Waals surface area contributed by atoms with Crippen LogP contribution in [-0.2, 0) is 35.3 Å². The predicted octanol–water partition coefficient (Wildman–Crippen LogP) is 1.02. The van der Waals surface area contributed by atoms with Crippen LogP contribution in [0.3, 0.4) is 0 Å². The molecule has 3 rings (SSSR count). The fourth-order valence-electron chi connectivity index (χ4n) is 2.86. The Bertz CT molecular complexity index is 900. The van der Waals surface area contributed by atoms with Crippen LogP contribution in [0.4, 0.5) is 0 Å². The average Bonchev–Trinajstić information content (AvgIpc) is 2.72. The van der Waals surface area contributed by atoms with Crippen molar-refractivity contribution in [2.24, 2.45) is 0 Å². The maximum atomic E-state index is 12.8. The molecule has 0 radical (unpaired) electrons. The number of amides is 2. The van der Waals surface area contributed by atoms with Gasteiger partial charge < -0.3 is 20.1 Å². The molecule has 0 aliphatic carbocycles. The van der Waals surface area contributed by atoms with E-state index in [2.05, 4.69) is 10.6 Å². The van der Waals surface area contributed by atoms with E-state index in [-0.39, 0.29) is 6.61 Å². The molecule has 2 amide bonds. The Morgan fingerprint density at radius 2 is 1.66 bits per heavy atom. The molecule has 1 saturated heterocycles. The minimum Gasteiger partial charge on any atom is -0.460 e.